The lowest BCUT2D eigenvalue weighted by Crippen LogP contribution is -2.34. The molecule has 0 atom stereocenters. The van der Waals surface area contributed by atoms with Gasteiger partial charge in [0.05, 0.1) is 22.3 Å². The van der Waals surface area contributed by atoms with Gasteiger partial charge in [0, 0.05) is 18.1 Å². The molecule has 0 saturated heterocycles. The summed E-state index contributed by atoms with van der Waals surface area (Å²) in [5.41, 5.74) is 2.09. The molecular weight excluding hydrogens is 395 g/mol. The summed E-state index contributed by atoms with van der Waals surface area (Å²) in [5, 5.41) is 3.90. The number of hydrogen-bond donors (Lipinski definition) is 1. The summed E-state index contributed by atoms with van der Waals surface area (Å²) in [4.78, 5) is 25.6. The quantitative estimate of drug-likeness (QED) is 0.699. The summed E-state index contributed by atoms with van der Waals surface area (Å²) >= 11 is 18.1. The number of para-hydroxylation sites is 1. The number of hydrogen-bond acceptors (Lipinski definition) is 2. The smallest absolute Gasteiger partial charge is 0.246 e. The minimum Gasteiger partial charge on any atom is -0.333 e. The summed E-state index contributed by atoms with van der Waals surface area (Å²) in [6.07, 6.45) is 3.03. The number of nitrogens with zero attached hydrogens (tertiary/aromatic N) is 1. The molecule has 0 saturated carbocycles. The molecule has 0 heterocycles. The second-order valence-corrected chi connectivity index (χ2v) is 6.90. The normalized spacial score (nSPS) is 10.8. The van der Waals surface area contributed by atoms with E-state index in [1.807, 2.05) is 19.1 Å². The van der Waals surface area contributed by atoms with Crippen LogP contribution in [0.5, 0.6) is 0 Å². The Bertz CT molecular complexity index is 846. The molecule has 0 fully saturated rings. The van der Waals surface area contributed by atoms with E-state index in [4.69, 9.17) is 34.8 Å². The fourth-order valence-electron chi connectivity index (χ4n) is 2.10. The van der Waals surface area contributed by atoms with Crippen LogP contribution in [0.1, 0.15) is 11.1 Å². The van der Waals surface area contributed by atoms with Gasteiger partial charge in [-0.1, -0.05) is 53.0 Å². The Hall–Kier alpha value is -2.01. The first kappa shape index (κ1) is 20.3. The zero-order chi connectivity index (χ0) is 19.3. The molecule has 0 aliphatic rings. The number of benzene rings is 2. The predicted octanol–water partition coefficient (Wildman–Crippen LogP) is 5.07. The van der Waals surface area contributed by atoms with Crippen LogP contribution in [0.25, 0.3) is 6.08 Å². The van der Waals surface area contributed by atoms with Gasteiger partial charge < -0.3 is 10.2 Å². The van der Waals surface area contributed by atoms with Crippen molar-refractivity contribution in [3.8, 4) is 0 Å². The minimum atomic E-state index is -0.400. The van der Waals surface area contributed by atoms with Crippen LogP contribution in [0.2, 0.25) is 15.1 Å². The van der Waals surface area contributed by atoms with Gasteiger partial charge in [0.2, 0.25) is 11.8 Å². The minimum absolute atomic E-state index is 0.140. The van der Waals surface area contributed by atoms with Crippen molar-refractivity contribution in [3.05, 3.63) is 68.7 Å². The van der Waals surface area contributed by atoms with E-state index in [1.165, 1.54) is 18.0 Å². The Morgan fingerprint density at radius 1 is 1.08 bits per heavy atom. The van der Waals surface area contributed by atoms with Crippen LogP contribution < -0.4 is 5.32 Å². The number of nitrogens with one attached hydrogen (secondary N) is 1. The highest BCUT2D eigenvalue weighted by atomic mass is 35.5. The first-order valence-electron chi connectivity index (χ1n) is 7.71. The monoisotopic (exact) mass is 410 g/mol. The van der Waals surface area contributed by atoms with Crippen molar-refractivity contribution in [1.29, 1.82) is 0 Å². The number of amides is 2. The molecule has 4 nitrogen and oxygen atoms in total. The number of aryl methyl sites for hydroxylation is 1. The van der Waals surface area contributed by atoms with E-state index < -0.39 is 5.91 Å². The Kier molecular flexibility index (Phi) is 7.09. The summed E-state index contributed by atoms with van der Waals surface area (Å²) in [6.45, 7) is 1.76. The molecule has 26 heavy (non-hydrogen) atoms. The molecule has 0 bridgehead atoms. The number of carbonyl (C=O) groups is 2. The highest BCUT2D eigenvalue weighted by Crippen LogP contribution is 2.29. The summed E-state index contributed by atoms with van der Waals surface area (Å²) < 4.78 is 0. The van der Waals surface area contributed by atoms with Crippen LogP contribution in [-0.2, 0) is 9.59 Å². The van der Waals surface area contributed by atoms with E-state index in [9.17, 15) is 9.59 Å². The molecule has 2 aromatic rings. The molecule has 2 amide bonds. The lowest BCUT2D eigenvalue weighted by molar-refractivity contribution is -0.129. The molecule has 0 spiro atoms. The van der Waals surface area contributed by atoms with Crippen molar-refractivity contribution >= 4 is 58.4 Å². The van der Waals surface area contributed by atoms with Crippen molar-refractivity contribution < 1.29 is 9.59 Å². The van der Waals surface area contributed by atoms with Gasteiger partial charge in [0.1, 0.15) is 0 Å². The maximum atomic E-state index is 12.2. The molecule has 0 aliphatic heterocycles. The highest BCUT2D eigenvalue weighted by molar-refractivity contribution is 6.39. The van der Waals surface area contributed by atoms with Crippen molar-refractivity contribution in [2.24, 2.45) is 0 Å². The topological polar surface area (TPSA) is 49.4 Å². The largest absolute Gasteiger partial charge is 0.333 e. The number of carbonyl (C=O) groups excluding carboxylic acids is 2. The van der Waals surface area contributed by atoms with Crippen LogP contribution in [-0.4, -0.2) is 30.3 Å². The lowest BCUT2D eigenvalue weighted by atomic mass is 10.1. The van der Waals surface area contributed by atoms with Gasteiger partial charge in [-0.25, -0.2) is 0 Å². The zero-order valence-corrected chi connectivity index (χ0v) is 16.5. The fraction of sp³-hybridized carbons (Fsp3) is 0.158. The van der Waals surface area contributed by atoms with Crippen LogP contribution in [0.15, 0.2) is 42.5 Å². The SMILES string of the molecule is Cc1ccc(/C=C/C(=O)N(C)CC(=O)Nc2c(Cl)cccc2Cl)cc1Cl. The third-order valence-corrected chi connectivity index (χ3v) is 4.64. The van der Waals surface area contributed by atoms with Gasteiger partial charge in [-0.05, 0) is 42.3 Å². The third-order valence-electron chi connectivity index (χ3n) is 3.60. The number of halogens is 3. The fourth-order valence-corrected chi connectivity index (χ4v) is 2.78. The van der Waals surface area contributed by atoms with E-state index in [-0.39, 0.29) is 12.5 Å². The number of likely N-dealkylation sites (N-methyl/N-ethyl adjacent to an activating group) is 1. The summed E-state index contributed by atoms with van der Waals surface area (Å²) in [5.74, 6) is -0.718. The van der Waals surface area contributed by atoms with Crippen molar-refractivity contribution in [3.63, 3.8) is 0 Å². The van der Waals surface area contributed by atoms with Gasteiger partial charge in [-0.2, -0.15) is 0 Å². The Morgan fingerprint density at radius 2 is 1.73 bits per heavy atom. The lowest BCUT2D eigenvalue weighted by Gasteiger charge is -2.16. The average Bonchev–Trinajstić information content (AvgIpc) is 2.59. The van der Waals surface area contributed by atoms with E-state index in [0.29, 0.717) is 20.8 Å². The van der Waals surface area contributed by atoms with E-state index in [2.05, 4.69) is 5.32 Å². The van der Waals surface area contributed by atoms with E-state index >= 15 is 0 Å². The molecule has 2 rings (SSSR count). The summed E-state index contributed by atoms with van der Waals surface area (Å²) in [6, 6.07) is 10.4. The third kappa shape index (κ3) is 5.49. The van der Waals surface area contributed by atoms with E-state index in [0.717, 1.165) is 11.1 Å². The zero-order valence-electron chi connectivity index (χ0n) is 14.2. The second-order valence-electron chi connectivity index (χ2n) is 5.68. The van der Waals surface area contributed by atoms with Gasteiger partial charge in [0.25, 0.3) is 0 Å². The first-order valence-corrected chi connectivity index (χ1v) is 8.84. The molecule has 0 aromatic heterocycles. The maximum absolute atomic E-state index is 12.2. The van der Waals surface area contributed by atoms with Crippen LogP contribution in [0.4, 0.5) is 5.69 Å². The van der Waals surface area contributed by atoms with Gasteiger partial charge in [0.15, 0.2) is 0 Å². The Labute approximate surface area is 167 Å². The molecule has 0 radical (unpaired) electrons. The van der Waals surface area contributed by atoms with Crippen LogP contribution in [0.3, 0.4) is 0 Å². The Morgan fingerprint density at radius 3 is 2.35 bits per heavy atom. The van der Waals surface area contributed by atoms with Gasteiger partial charge >= 0.3 is 0 Å². The van der Waals surface area contributed by atoms with Crippen LogP contribution >= 0.6 is 34.8 Å². The predicted molar refractivity (Wildman–Crippen MR) is 108 cm³/mol. The van der Waals surface area contributed by atoms with Crippen LogP contribution in [0, 0.1) is 6.92 Å². The molecule has 2 aromatic carbocycles. The standard InChI is InChI=1S/C19H17Cl3N2O2/c1-12-6-7-13(10-16(12)22)8-9-18(26)24(2)11-17(25)23-19-14(20)4-3-5-15(19)21/h3-10H,11H2,1-2H3,(H,23,25)/b9-8+. The van der Waals surface area contributed by atoms with Gasteiger partial charge in [-0.15, -0.1) is 0 Å². The average molecular weight is 412 g/mol. The molecule has 0 unspecified atom stereocenters. The number of rotatable bonds is 5. The molecular formula is C19H17Cl3N2O2. The van der Waals surface area contributed by atoms with Crippen molar-refractivity contribution in [2.45, 2.75) is 6.92 Å². The first-order chi connectivity index (χ1) is 12.3. The Balaban J connectivity index is 1.96. The van der Waals surface area contributed by atoms with E-state index in [1.54, 1.807) is 30.3 Å². The molecule has 7 heteroatoms. The van der Waals surface area contributed by atoms with Crippen molar-refractivity contribution in [1.82, 2.24) is 4.90 Å². The van der Waals surface area contributed by atoms with Gasteiger partial charge in [-0.3, -0.25) is 9.59 Å². The maximum Gasteiger partial charge on any atom is 0.246 e. The summed E-state index contributed by atoms with van der Waals surface area (Å²) in [7, 11) is 1.53. The molecule has 0 aliphatic carbocycles. The molecule has 1 N–H and O–H groups in total. The second kappa shape index (κ2) is 9.08. The highest BCUT2D eigenvalue weighted by Gasteiger charge is 2.13. The number of anilines is 1. The van der Waals surface area contributed by atoms with Crippen molar-refractivity contribution in [2.75, 3.05) is 18.9 Å². The molecule has 136 valence electrons.